The van der Waals surface area contributed by atoms with Crippen LogP contribution in [0.4, 0.5) is 0 Å². The monoisotopic (exact) mass is 678 g/mol. The second-order valence-electron chi connectivity index (χ2n) is 12.5. The number of amides is 3. The second-order valence-corrected chi connectivity index (χ2v) is 12.5. The number of Topliss-reactive ketones (excluding diaryl/α,β-unsaturated/α-hetero) is 1. The molecular weight excluding hydrogens is 636 g/mol. The summed E-state index contributed by atoms with van der Waals surface area (Å²) in [5.41, 5.74) is -0.332. The van der Waals surface area contributed by atoms with Crippen molar-refractivity contribution in [3.05, 3.63) is 35.9 Å². The zero-order valence-electron chi connectivity index (χ0n) is 27.1. The molecule has 0 bridgehead atoms. The zero-order valence-corrected chi connectivity index (χ0v) is 27.1. The number of carboxylic acids is 1. The highest BCUT2D eigenvalue weighted by Crippen LogP contribution is 2.30. The summed E-state index contributed by atoms with van der Waals surface area (Å²) in [4.78, 5) is 72.8. The molecule has 0 saturated carbocycles. The lowest BCUT2D eigenvalue weighted by molar-refractivity contribution is -0.271. The Bertz CT molecular complexity index is 1390. The van der Waals surface area contributed by atoms with E-state index in [1.54, 1.807) is 27.7 Å². The number of nitrogens with zero attached hydrogens (tertiary/aromatic N) is 1. The van der Waals surface area contributed by atoms with E-state index in [9.17, 15) is 49.2 Å². The van der Waals surface area contributed by atoms with Gasteiger partial charge in [0.1, 0.15) is 42.2 Å². The number of carbonyl (C=O) groups is 6. The SMILES string of the molecule is C[C@H](CC(=O)CCN1C(=O)C=CC1=O)C(=O)NCCCOc1cc(O[C@@H]2O[C@H](C(=O)O)[C@@H](O)[C@H](O)[C@H]2O)ccc1COC(=O)C(C)(C)C. The second kappa shape index (κ2) is 16.6. The number of carboxylic acid groups (broad SMARTS) is 1. The van der Waals surface area contributed by atoms with Gasteiger partial charge in [0, 0.05) is 55.6 Å². The molecule has 0 spiro atoms. The van der Waals surface area contributed by atoms with E-state index >= 15 is 0 Å². The summed E-state index contributed by atoms with van der Waals surface area (Å²) in [6, 6.07) is 4.33. The molecule has 3 amide bonds. The molecule has 264 valence electrons. The number of aliphatic hydroxyl groups is 3. The highest BCUT2D eigenvalue weighted by molar-refractivity contribution is 6.13. The van der Waals surface area contributed by atoms with E-state index in [2.05, 4.69) is 5.32 Å². The first-order valence-electron chi connectivity index (χ1n) is 15.3. The average molecular weight is 679 g/mol. The number of aliphatic hydroxyl groups excluding tert-OH is 3. The number of rotatable bonds is 16. The van der Waals surface area contributed by atoms with Crippen LogP contribution in [0, 0.1) is 11.3 Å². The molecule has 0 aromatic heterocycles. The highest BCUT2D eigenvalue weighted by Gasteiger charge is 2.48. The van der Waals surface area contributed by atoms with Crippen molar-refractivity contribution >= 4 is 35.4 Å². The molecular formula is C32H42N2O14. The Balaban J connectivity index is 1.56. The standard InChI is InChI=1S/C32H42N2O14/c1-17(14-19(35)10-12-34-22(36)8-9-23(34)37)28(41)33-11-5-13-45-21-15-20(7-6-18(21)16-46-31(44)32(2,3)4)47-30-26(40)24(38)25(39)27(48-30)29(42)43/h6-9,15,17,24-27,30,38-40H,5,10-14,16H2,1-4H3,(H,33,41)(H,42,43)/t17-,24+,25+,26-,27+,30-/m1/s1. The third kappa shape index (κ3) is 10.3. The molecule has 6 atom stereocenters. The van der Waals surface area contributed by atoms with Crippen molar-refractivity contribution in [1.82, 2.24) is 10.2 Å². The molecule has 5 N–H and O–H groups in total. The highest BCUT2D eigenvalue weighted by atomic mass is 16.7. The number of nitrogens with one attached hydrogen (secondary N) is 1. The largest absolute Gasteiger partial charge is 0.493 e. The minimum absolute atomic E-state index is 0.0363. The third-order valence-corrected chi connectivity index (χ3v) is 7.45. The van der Waals surface area contributed by atoms with Gasteiger partial charge in [0.15, 0.2) is 6.10 Å². The van der Waals surface area contributed by atoms with Gasteiger partial charge in [-0.2, -0.15) is 0 Å². The first-order valence-corrected chi connectivity index (χ1v) is 15.3. The zero-order chi connectivity index (χ0) is 35.8. The van der Waals surface area contributed by atoms with Crippen molar-refractivity contribution in [3.8, 4) is 11.5 Å². The Morgan fingerprint density at radius 1 is 1.02 bits per heavy atom. The van der Waals surface area contributed by atoms with E-state index in [1.165, 1.54) is 18.2 Å². The van der Waals surface area contributed by atoms with E-state index in [1.807, 2.05) is 0 Å². The van der Waals surface area contributed by atoms with Crippen molar-refractivity contribution in [3.63, 3.8) is 0 Å². The summed E-state index contributed by atoms with van der Waals surface area (Å²) in [6.45, 7) is 6.68. The Labute approximate surface area is 276 Å². The van der Waals surface area contributed by atoms with Crippen LogP contribution in [0.1, 0.15) is 52.5 Å². The maximum absolute atomic E-state index is 12.5. The van der Waals surface area contributed by atoms with Gasteiger partial charge in [0.05, 0.1) is 12.0 Å². The lowest BCUT2D eigenvalue weighted by Crippen LogP contribution is -2.61. The van der Waals surface area contributed by atoms with Crippen LogP contribution in [0.3, 0.4) is 0 Å². The predicted octanol–water partition coefficient (Wildman–Crippen LogP) is -0.158. The van der Waals surface area contributed by atoms with Crippen molar-refractivity contribution in [2.75, 3.05) is 19.7 Å². The van der Waals surface area contributed by atoms with E-state index in [0.717, 1.165) is 17.1 Å². The predicted molar refractivity (Wildman–Crippen MR) is 163 cm³/mol. The summed E-state index contributed by atoms with van der Waals surface area (Å²) in [5.74, 6) is -4.07. The van der Waals surface area contributed by atoms with Gasteiger partial charge in [-0.1, -0.05) is 6.92 Å². The van der Waals surface area contributed by atoms with Crippen LogP contribution in [0.25, 0.3) is 0 Å². The fourth-order valence-corrected chi connectivity index (χ4v) is 4.57. The van der Waals surface area contributed by atoms with Gasteiger partial charge < -0.3 is 44.7 Å². The van der Waals surface area contributed by atoms with Gasteiger partial charge in [0.2, 0.25) is 12.2 Å². The average Bonchev–Trinajstić information content (AvgIpc) is 3.34. The number of hydrogen-bond acceptors (Lipinski definition) is 13. The topological polar surface area (TPSA) is 236 Å². The molecule has 2 aliphatic rings. The summed E-state index contributed by atoms with van der Waals surface area (Å²) in [5, 5.41) is 42.3. The smallest absolute Gasteiger partial charge is 0.335 e. The number of hydrogen-bond donors (Lipinski definition) is 5. The van der Waals surface area contributed by atoms with E-state index in [4.69, 9.17) is 18.9 Å². The van der Waals surface area contributed by atoms with Crippen LogP contribution >= 0.6 is 0 Å². The molecule has 1 aromatic rings. The Morgan fingerprint density at radius 3 is 2.31 bits per heavy atom. The van der Waals surface area contributed by atoms with Crippen LogP contribution in [0.15, 0.2) is 30.4 Å². The minimum Gasteiger partial charge on any atom is -0.493 e. The number of ether oxygens (including phenoxy) is 4. The molecule has 3 rings (SSSR count). The summed E-state index contributed by atoms with van der Waals surface area (Å²) < 4.78 is 22.1. The Hall–Kier alpha value is -4.38. The number of ketones is 1. The lowest BCUT2D eigenvalue weighted by Gasteiger charge is -2.38. The molecule has 16 nitrogen and oxygen atoms in total. The number of imide groups is 1. The van der Waals surface area contributed by atoms with Crippen molar-refractivity contribution in [2.45, 2.75) is 84.3 Å². The molecule has 2 heterocycles. The Kier molecular flexibility index (Phi) is 13.2. The lowest BCUT2D eigenvalue weighted by atomic mass is 9.97. The maximum Gasteiger partial charge on any atom is 0.335 e. The molecule has 1 aromatic carbocycles. The van der Waals surface area contributed by atoms with Crippen LogP contribution in [-0.4, -0.2) is 111 Å². The number of esters is 1. The molecule has 0 unspecified atom stereocenters. The van der Waals surface area contributed by atoms with E-state index < -0.39 is 65.8 Å². The molecule has 16 heteroatoms. The number of aliphatic carboxylic acids is 1. The quantitative estimate of drug-likeness (QED) is 0.0869. The molecule has 0 aliphatic carbocycles. The number of benzene rings is 1. The van der Waals surface area contributed by atoms with Crippen LogP contribution in [0.2, 0.25) is 0 Å². The van der Waals surface area contributed by atoms with E-state index in [0.29, 0.717) is 12.0 Å². The van der Waals surface area contributed by atoms with Crippen LogP contribution in [-0.2, 0) is 44.8 Å². The van der Waals surface area contributed by atoms with Crippen molar-refractivity contribution < 1.29 is 68.1 Å². The molecule has 1 saturated heterocycles. The van der Waals surface area contributed by atoms with Gasteiger partial charge >= 0.3 is 11.9 Å². The van der Waals surface area contributed by atoms with Gasteiger partial charge in [-0.05, 0) is 39.3 Å². The van der Waals surface area contributed by atoms with E-state index in [-0.39, 0.29) is 62.3 Å². The maximum atomic E-state index is 12.5. The van der Waals surface area contributed by atoms with Crippen molar-refractivity contribution in [2.24, 2.45) is 11.3 Å². The minimum atomic E-state index is -1.89. The summed E-state index contributed by atoms with van der Waals surface area (Å²) >= 11 is 0. The van der Waals surface area contributed by atoms with Crippen LogP contribution < -0.4 is 14.8 Å². The number of carbonyl (C=O) groups excluding carboxylic acids is 5. The molecule has 0 radical (unpaired) electrons. The van der Waals surface area contributed by atoms with Crippen molar-refractivity contribution in [1.29, 1.82) is 0 Å². The summed E-state index contributed by atoms with van der Waals surface area (Å²) in [7, 11) is 0. The normalized spacial score (nSPS) is 23.1. The van der Waals surface area contributed by atoms with Gasteiger partial charge in [0.25, 0.3) is 11.8 Å². The Morgan fingerprint density at radius 2 is 1.69 bits per heavy atom. The molecule has 1 fully saturated rings. The van der Waals surface area contributed by atoms with Gasteiger partial charge in [-0.25, -0.2) is 4.79 Å². The fraction of sp³-hybridized carbons (Fsp3) is 0.562. The molecule has 48 heavy (non-hydrogen) atoms. The van der Waals surface area contributed by atoms with Gasteiger partial charge in [-0.15, -0.1) is 0 Å². The third-order valence-electron chi connectivity index (χ3n) is 7.45. The summed E-state index contributed by atoms with van der Waals surface area (Å²) in [6.07, 6.45) is -6.61. The fourth-order valence-electron chi connectivity index (χ4n) is 4.57. The van der Waals surface area contributed by atoms with Crippen LogP contribution in [0.5, 0.6) is 11.5 Å². The first kappa shape index (κ1) is 38.1. The first-order chi connectivity index (χ1) is 22.5. The van der Waals surface area contributed by atoms with Gasteiger partial charge in [-0.3, -0.25) is 28.9 Å². The molecule has 2 aliphatic heterocycles.